The highest BCUT2D eigenvalue weighted by Crippen LogP contribution is 2.45. The average Bonchev–Trinajstić information content (AvgIpc) is 2.58. The number of carbonyl (C=O) groups is 1. The SMILES string of the molecule is O=C(O)CN1CCC2(CCN(c3ncccn3)CC2)[C@@H](CO)C1. The maximum atomic E-state index is 10.9. The molecule has 0 saturated carbocycles. The lowest BCUT2D eigenvalue weighted by Crippen LogP contribution is -2.54. The smallest absolute Gasteiger partial charge is 0.317 e. The Balaban J connectivity index is 1.63. The van der Waals surface area contributed by atoms with Crippen LogP contribution in [0.1, 0.15) is 19.3 Å². The summed E-state index contributed by atoms with van der Waals surface area (Å²) in [4.78, 5) is 23.7. The minimum absolute atomic E-state index is 0.0660. The van der Waals surface area contributed by atoms with Gasteiger partial charge in [-0.25, -0.2) is 9.97 Å². The van der Waals surface area contributed by atoms with Gasteiger partial charge in [0, 0.05) is 44.6 Å². The van der Waals surface area contributed by atoms with Crippen LogP contribution in [0.15, 0.2) is 18.5 Å². The van der Waals surface area contributed by atoms with Gasteiger partial charge in [-0.05, 0) is 37.3 Å². The summed E-state index contributed by atoms with van der Waals surface area (Å²) >= 11 is 0. The van der Waals surface area contributed by atoms with Crippen LogP contribution in [0, 0.1) is 11.3 Å². The minimum Gasteiger partial charge on any atom is -0.480 e. The van der Waals surface area contributed by atoms with E-state index in [9.17, 15) is 9.90 Å². The molecule has 0 unspecified atom stereocenters. The molecule has 3 rings (SSSR count). The Hall–Kier alpha value is -1.73. The van der Waals surface area contributed by atoms with Crippen molar-refractivity contribution in [3.05, 3.63) is 18.5 Å². The van der Waals surface area contributed by atoms with Crippen molar-refractivity contribution in [3.63, 3.8) is 0 Å². The van der Waals surface area contributed by atoms with Gasteiger partial charge in [0.25, 0.3) is 0 Å². The molecule has 7 nitrogen and oxygen atoms in total. The van der Waals surface area contributed by atoms with Gasteiger partial charge in [-0.2, -0.15) is 0 Å². The number of hydrogen-bond acceptors (Lipinski definition) is 6. The van der Waals surface area contributed by atoms with Crippen LogP contribution in [0.4, 0.5) is 5.95 Å². The van der Waals surface area contributed by atoms with Crippen LogP contribution in [-0.4, -0.2) is 70.4 Å². The van der Waals surface area contributed by atoms with Crippen LogP contribution in [-0.2, 0) is 4.79 Å². The van der Waals surface area contributed by atoms with Crippen molar-refractivity contribution < 1.29 is 15.0 Å². The number of carboxylic acids is 1. The van der Waals surface area contributed by atoms with Gasteiger partial charge < -0.3 is 15.1 Å². The van der Waals surface area contributed by atoms with E-state index >= 15 is 0 Å². The maximum Gasteiger partial charge on any atom is 0.317 e. The average molecular weight is 320 g/mol. The number of hydrogen-bond donors (Lipinski definition) is 2. The van der Waals surface area contributed by atoms with Gasteiger partial charge in [-0.3, -0.25) is 9.69 Å². The van der Waals surface area contributed by atoms with Crippen LogP contribution in [0.5, 0.6) is 0 Å². The van der Waals surface area contributed by atoms with E-state index in [0.717, 1.165) is 44.8 Å². The molecule has 0 aliphatic carbocycles. The van der Waals surface area contributed by atoms with Gasteiger partial charge in [-0.1, -0.05) is 0 Å². The fraction of sp³-hybridized carbons (Fsp3) is 0.688. The summed E-state index contributed by atoms with van der Waals surface area (Å²) in [5.74, 6) is 0.120. The number of aliphatic hydroxyl groups excluding tert-OH is 1. The fourth-order valence-corrected chi connectivity index (χ4v) is 4.03. The molecule has 2 aliphatic rings. The van der Waals surface area contributed by atoms with Crippen LogP contribution >= 0.6 is 0 Å². The Morgan fingerprint density at radius 2 is 1.87 bits per heavy atom. The summed E-state index contributed by atoms with van der Waals surface area (Å²) in [6, 6.07) is 1.81. The Kier molecular flexibility index (Phi) is 4.77. The van der Waals surface area contributed by atoms with Crippen molar-refractivity contribution in [2.45, 2.75) is 19.3 Å². The molecule has 1 atom stereocenters. The van der Waals surface area contributed by atoms with E-state index in [1.807, 2.05) is 11.0 Å². The lowest BCUT2D eigenvalue weighted by Gasteiger charge is -2.51. The van der Waals surface area contributed by atoms with Crippen LogP contribution in [0.3, 0.4) is 0 Å². The van der Waals surface area contributed by atoms with Gasteiger partial charge in [0.15, 0.2) is 0 Å². The molecule has 2 saturated heterocycles. The van der Waals surface area contributed by atoms with E-state index in [2.05, 4.69) is 14.9 Å². The highest BCUT2D eigenvalue weighted by molar-refractivity contribution is 5.69. The normalized spacial score (nSPS) is 24.7. The highest BCUT2D eigenvalue weighted by atomic mass is 16.4. The lowest BCUT2D eigenvalue weighted by atomic mass is 9.64. The quantitative estimate of drug-likeness (QED) is 0.833. The zero-order chi connectivity index (χ0) is 16.3. The second kappa shape index (κ2) is 6.80. The van der Waals surface area contributed by atoms with E-state index in [1.54, 1.807) is 12.4 Å². The van der Waals surface area contributed by atoms with Crippen molar-refractivity contribution >= 4 is 11.9 Å². The van der Waals surface area contributed by atoms with Gasteiger partial charge in [0.05, 0.1) is 6.54 Å². The Morgan fingerprint density at radius 3 is 2.48 bits per heavy atom. The molecule has 126 valence electrons. The van der Waals surface area contributed by atoms with Crippen LogP contribution < -0.4 is 4.90 Å². The number of nitrogens with zero attached hydrogens (tertiary/aromatic N) is 4. The summed E-state index contributed by atoms with van der Waals surface area (Å²) in [6.07, 6.45) is 6.46. The predicted octanol–water partition coefficient (Wildman–Crippen LogP) is 0.462. The number of likely N-dealkylation sites (tertiary alicyclic amines) is 1. The maximum absolute atomic E-state index is 10.9. The van der Waals surface area contributed by atoms with Crippen LogP contribution in [0.2, 0.25) is 0 Å². The first-order chi connectivity index (χ1) is 11.1. The third kappa shape index (κ3) is 3.45. The first-order valence-corrected chi connectivity index (χ1v) is 8.20. The van der Waals surface area contributed by atoms with Gasteiger partial charge in [0.1, 0.15) is 0 Å². The lowest BCUT2D eigenvalue weighted by molar-refractivity contribution is -0.140. The summed E-state index contributed by atoms with van der Waals surface area (Å²) < 4.78 is 0. The molecule has 2 N–H and O–H groups in total. The predicted molar refractivity (Wildman–Crippen MR) is 85.2 cm³/mol. The van der Waals surface area contributed by atoms with E-state index in [4.69, 9.17) is 5.11 Å². The fourth-order valence-electron chi connectivity index (χ4n) is 4.03. The van der Waals surface area contributed by atoms with Gasteiger partial charge in [0.2, 0.25) is 5.95 Å². The van der Waals surface area contributed by atoms with E-state index in [1.165, 1.54) is 0 Å². The molecule has 7 heteroatoms. The van der Waals surface area contributed by atoms with Crippen molar-refractivity contribution in [2.75, 3.05) is 44.2 Å². The largest absolute Gasteiger partial charge is 0.480 e. The van der Waals surface area contributed by atoms with E-state index < -0.39 is 5.97 Å². The molecule has 1 aromatic rings. The molecule has 2 aliphatic heterocycles. The Morgan fingerprint density at radius 1 is 1.22 bits per heavy atom. The molecule has 1 aromatic heterocycles. The molecular weight excluding hydrogens is 296 g/mol. The van der Waals surface area contributed by atoms with Crippen molar-refractivity contribution in [1.82, 2.24) is 14.9 Å². The third-order valence-electron chi connectivity index (χ3n) is 5.44. The summed E-state index contributed by atoms with van der Waals surface area (Å²) in [6.45, 7) is 3.43. The molecule has 0 bridgehead atoms. The Bertz CT molecular complexity index is 531. The number of aromatic nitrogens is 2. The molecule has 0 radical (unpaired) electrons. The number of rotatable bonds is 4. The molecule has 0 amide bonds. The van der Waals surface area contributed by atoms with Crippen molar-refractivity contribution in [3.8, 4) is 0 Å². The topological polar surface area (TPSA) is 89.8 Å². The van der Waals surface area contributed by atoms with E-state index in [0.29, 0.717) is 6.54 Å². The summed E-state index contributed by atoms with van der Waals surface area (Å²) in [5.41, 5.74) is 0.120. The molecule has 23 heavy (non-hydrogen) atoms. The molecule has 2 fully saturated rings. The number of aliphatic hydroxyl groups is 1. The minimum atomic E-state index is -0.798. The standard InChI is InChI=1S/C16H24N4O3/c21-12-13-10-19(11-14(22)23)7-2-16(13)3-8-20(9-4-16)15-17-5-1-6-18-15/h1,5-6,13,21H,2-4,7-12H2,(H,22,23)/t13-/m1/s1. The molecular formula is C16H24N4O3. The zero-order valence-electron chi connectivity index (χ0n) is 13.3. The summed E-state index contributed by atoms with van der Waals surface area (Å²) in [5, 5.41) is 18.8. The van der Waals surface area contributed by atoms with Gasteiger partial charge >= 0.3 is 5.97 Å². The third-order valence-corrected chi connectivity index (χ3v) is 5.44. The number of anilines is 1. The highest BCUT2D eigenvalue weighted by Gasteiger charge is 2.44. The summed E-state index contributed by atoms with van der Waals surface area (Å²) in [7, 11) is 0. The zero-order valence-corrected chi connectivity index (χ0v) is 13.3. The van der Waals surface area contributed by atoms with Crippen LogP contribution in [0.25, 0.3) is 0 Å². The number of piperidine rings is 2. The Labute approximate surface area is 136 Å². The van der Waals surface area contributed by atoms with Crippen molar-refractivity contribution in [1.29, 1.82) is 0 Å². The number of carboxylic acid groups (broad SMARTS) is 1. The van der Waals surface area contributed by atoms with Crippen molar-refractivity contribution in [2.24, 2.45) is 11.3 Å². The second-order valence-electron chi connectivity index (χ2n) is 6.66. The monoisotopic (exact) mass is 320 g/mol. The molecule has 1 spiro atoms. The first-order valence-electron chi connectivity index (χ1n) is 8.20. The number of aliphatic carboxylic acids is 1. The molecule has 3 heterocycles. The first kappa shape index (κ1) is 16.1. The molecule has 0 aromatic carbocycles. The van der Waals surface area contributed by atoms with Gasteiger partial charge in [-0.15, -0.1) is 0 Å². The van der Waals surface area contributed by atoms with E-state index in [-0.39, 0.29) is 24.5 Å². The second-order valence-corrected chi connectivity index (χ2v) is 6.66.